The number of nitrogens with zero attached hydrogens (tertiary/aromatic N) is 2. The first kappa shape index (κ1) is 14.9. The van der Waals surface area contributed by atoms with E-state index in [9.17, 15) is 9.59 Å². The van der Waals surface area contributed by atoms with Crippen LogP contribution in [-0.2, 0) is 15.0 Å². The Balaban J connectivity index is 2.04. The number of rotatable bonds is 1. The molecule has 0 fully saturated rings. The van der Waals surface area contributed by atoms with Gasteiger partial charge in [0.25, 0.3) is 0 Å². The Labute approximate surface area is 140 Å². The Morgan fingerprint density at radius 1 is 1.17 bits per heavy atom. The summed E-state index contributed by atoms with van der Waals surface area (Å²) in [7, 11) is 0. The number of fused-ring (bicyclic) bond motifs is 4. The molecule has 6 heteroatoms. The summed E-state index contributed by atoms with van der Waals surface area (Å²) in [5.74, 6) is 0.320. The molecule has 2 amide bonds. The first-order valence-corrected chi connectivity index (χ1v) is 8.15. The maximum absolute atomic E-state index is 13.0. The van der Waals surface area contributed by atoms with Gasteiger partial charge in [-0.2, -0.15) is 5.10 Å². The molecule has 3 heterocycles. The fourth-order valence-electron chi connectivity index (χ4n) is 3.96. The predicted octanol–water partition coefficient (Wildman–Crippen LogP) is 2.66. The van der Waals surface area contributed by atoms with Crippen LogP contribution in [0.25, 0.3) is 0 Å². The van der Waals surface area contributed by atoms with Crippen LogP contribution in [0.4, 0.5) is 11.5 Å². The number of carbonyl (C=O) groups excluding carboxylic acids is 2. The molecule has 2 aliphatic heterocycles. The third-order valence-corrected chi connectivity index (χ3v) is 4.99. The highest BCUT2D eigenvalue weighted by Crippen LogP contribution is 2.51. The molecule has 1 spiro atoms. The van der Waals surface area contributed by atoms with Crippen LogP contribution in [0.5, 0.6) is 0 Å². The number of nitrogens with one attached hydrogen (secondary N) is 2. The average molecular weight is 324 g/mol. The normalized spacial score (nSPS) is 21.7. The number of aromatic nitrogens is 2. The van der Waals surface area contributed by atoms with Gasteiger partial charge in [0.2, 0.25) is 11.8 Å². The van der Waals surface area contributed by atoms with Gasteiger partial charge >= 0.3 is 0 Å². The van der Waals surface area contributed by atoms with Gasteiger partial charge in [0.1, 0.15) is 11.2 Å². The fraction of sp³-hybridized carbons (Fsp3) is 0.389. The van der Waals surface area contributed by atoms with E-state index in [0.717, 1.165) is 27.9 Å². The zero-order valence-electron chi connectivity index (χ0n) is 14.2. The highest BCUT2D eigenvalue weighted by atomic mass is 16.2. The van der Waals surface area contributed by atoms with E-state index in [1.54, 1.807) is 10.9 Å². The molecule has 2 aliphatic rings. The van der Waals surface area contributed by atoms with Crippen LogP contribution in [-0.4, -0.2) is 21.6 Å². The topological polar surface area (TPSA) is 76.0 Å². The number of benzene rings is 1. The number of hydrogen-bond acceptors (Lipinski definition) is 3. The standard InChI is InChI=1S/C18H20N4O2/c1-9(2)22-16-13(8-19-22)18(7-14(23)20-16)12-6-10(3)5-11(4)15(12)21-17(18)24/h5-6,8-9H,7H2,1-4H3,(H,20,23)(H,21,24)/t18-/m0/s1. The minimum Gasteiger partial charge on any atom is -0.324 e. The van der Waals surface area contributed by atoms with E-state index in [-0.39, 0.29) is 24.3 Å². The Bertz CT molecular complexity index is 897. The second kappa shape index (κ2) is 4.69. The number of carbonyl (C=O) groups is 2. The Morgan fingerprint density at radius 2 is 1.92 bits per heavy atom. The molecule has 0 unspecified atom stereocenters. The highest BCUT2D eigenvalue weighted by molar-refractivity contribution is 6.15. The van der Waals surface area contributed by atoms with Crippen molar-refractivity contribution in [2.24, 2.45) is 0 Å². The molecular formula is C18H20N4O2. The van der Waals surface area contributed by atoms with Crippen molar-refractivity contribution in [1.82, 2.24) is 9.78 Å². The van der Waals surface area contributed by atoms with E-state index in [4.69, 9.17) is 0 Å². The molecule has 0 saturated carbocycles. The van der Waals surface area contributed by atoms with Crippen LogP contribution in [0.1, 0.15) is 48.6 Å². The van der Waals surface area contributed by atoms with Gasteiger partial charge < -0.3 is 10.6 Å². The molecule has 4 rings (SSSR count). The van der Waals surface area contributed by atoms with Gasteiger partial charge in [-0.1, -0.05) is 17.7 Å². The van der Waals surface area contributed by atoms with Gasteiger partial charge in [0.05, 0.1) is 6.20 Å². The summed E-state index contributed by atoms with van der Waals surface area (Å²) in [6.45, 7) is 7.98. The maximum Gasteiger partial charge on any atom is 0.240 e. The Kier molecular flexibility index (Phi) is 2.92. The number of anilines is 2. The van der Waals surface area contributed by atoms with Crippen LogP contribution < -0.4 is 10.6 Å². The first-order chi connectivity index (χ1) is 11.3. The lowest BCUT2D eigenvalue weighted by atomic mass is 9.71. The van der Waals surface area contributed by atoms with E-state index >= 15 is 0 Å². The van der Waals surface area contributed by atoms with E-state index in [2.05, 4.69) is 15.7 Å². The SMILES string of the molecule is Cc1cc(C)c2c(c1)[C@]1(CC(=O)Nc3c1cnn3C(C)C)C(=O)N2. The van der Waals surface area contributed by atoms with Crippen molar-refractivity contribution in [1.29, 1.82) is 0 Å². The zero-order valence-corrected chi connectivity index (χ0v) is 14.2. The summed E-state index contributed by atoms with van der Waals surface area (Å²) >= 11 is 0. The summed E-state index contributed by atoms with van der Waals surface area (Å²) in [4.78, 5) is 25.5. The molecule has 24 heavy (non-hydrogen) atoms. The largest absolute Gasteiger partial charge is 0.324 e. The van der Waals surface area contributed by atoms with E-state index in [1.807, 2.05) is 39.8 Å². The van der Waals surface area contributed by atoms with Crippen molar-refractivity contribution in [3.05, 3.63) is 40.6 Å². The molecule has 124 valence electrons. The molecular weight excluding hydrogens is 304 g/mol. The highest BCUT2D eigenvalue weighted by Gasteiger charge is 2.54. The van der Waals surface area contributed by atoms with Gasteiger partial charge in [-0.25, -0.2) is 4.68 Å². The molecule has 1 aromatic heterocycles. The molecule has 0 saturated heterocycles. The van der Waals surface area contributed by atoms with Crippen LogP contribution in [0.15, 0.2) is 18.3 Å². The minimum absolute atomic E-state index is 0.0902. The van der Waals surface area contributed by atoms with E-state index in [1.165, 1.54) is 0 Å². The second-order valence-electron chi connectivity index (χ2n) is 7.03. The lowest BCUT2D eigenvalue weighted by Crippen LogP contribution is -2.43. The summed E-state index contributed by atoms with van der Waals surface area (Å²) in [6.07, 6.45) is 1.83. The van der Waals surface area contributed by atoms with Crippen LogP contribution in [0.2, 0.25) is 0 Å². The third-order valence-electron chi connectivity index (χ3n) is 4.99. The monoisotopic (exact) mass is 324 g/mol. The maximum atomic E-state index is 13.0. The molecule has 0 bridgehead atoms. The Hall–Kier alpha value is -2.63. The quantitative estimate of drug-likeness (QED) is 0.847. The summed E-state index contributed by atoms with van der Waals surface area (Å²) in [5.41, 5.74) is 3.58. The molecule has 1 aromatic carbocycles. The molecule has 0 aliphatic carbocycles. The lowest BCUT2D eigenvalue weighted by Gasteiger charge is -2.32. The van der Waals surface area contributed by atoms with Crippen LogP contribution in [0.3, 0.4) is 0 Å². The Morgan fingerprint density at radius 3 is 2.62 bits per heavy atom. The summed E-state index contributed by atoms with van der Waals surface area (Å²) < 4.78 is 1.77. The second-order valence-corrected chi connectivity index (χ2v) is 7.03. The van der Waals surface area contributed by atoms with Gasteiger partial charge in [0.15, 0.2) is 0 Å². The molecule has 0 radical (unpaired) electrons. The van der Waals surface area contributed by atoms with Crippen molar-refractivity contribution in [2.45, 2.75) is 45.6 Å². The van der Waals surface area contributed by atoms with Crippen molar-refractivity contribution < 1.29 is 9.59 Å². The summed E-state index contributed by atoms with van der Waals surface area (Å²) in [5, 5.41) is 10.3. The smallest absolute Gasteiger partial charge is 0.240 e. The predicted molar refractivity (Wildman–Crippen MR) is 91.2 cm³/mol. The minimum atomic E-state index is -0.989. The van der Waals surface area contributed by atoms with E-state index < -0.39 is 5.41 Å². The molecule has 2 N–H and O–H groups in total. The lowest BCUT2D eigenvalue weighted by molar-refractivity contribution is -0.125. The summed E-state index contributed by atoms with van der Waals surface area (Å²) in [6, 6.07) is 4.14. The van der Waals surface area contributed by atoms with Crippen LogP contribution >= 0.6 is 0 Å². The van der Waals surface area contributed by atoms with Crippen molar-refractivity contribution >= 4 is 23.3 Å². The number of amides is 2. The molecule has 2 aromatic rings. The molecule has 1 atom stereocenters. The van der Waals surface area contributed by atoms with E-state index in [0.29, 0.717) is 5.82 Å². The van der Waals surface area contributed by atoms with Crippen LogP contribution in [0, 0.1) is 13.8 Å². The van der Waals surface area contributed by atoms with Gasteiger partial charge in [-0.05, 0) is 38.8 Å². The van der Waals surface area contributed by atoms with Crippen molar-refractivity contribution in [3.8, 4) is 0 Å². The number of hydrogen-bond donors (Lipinski definition) is 2. The number of aryl methyl sites for hydroxylation is 2. The fourth-order valence-corrected chi connectivity index (χ4v) is 3.96. The third kappa shape index (κ3) is 1.74. The van der Waals surface area contributed by atoms with Gasteiger partial charge in [0, 0.05) is 23.7 Å². The average Bonchev–Trinajstić information content (AvgIpc) is 3.02. The van der Waals surface area contributed by atoms with Gasteiger partial charge in [-0.3, -0.25) is 9.59 Å². The first-order valence-electron chi connectivity index (χ1n) is 8.15. The zero-order chi connectivity index (χ0) is 17.2. The molecule has 6 nitrogen and oxygen atoms in total. The van der Waals surface area contributed by atoms with Crippen molar-refractivity contribution in [2.75, 3.05) is 10.6 Å². The van der Waals surface area contributed by atoms with Crippen molar-refractivity contribution in [3.63, 3.8) is 0 Å². The van der Waals surface area contributed by atoms with Gasteiger partial charge in [-0.15, -0.1) is 0 Å².